The molecule has 32 heavy (non-hydrogen) atoms. The van der Waals surface area contributed by atoms with Crippen LogP contribution >= 0.6 is 11.3 Å². The predicted octanol–water partition coefficient (Wildman–Crippen LogP) is 6.22. The lowest BCUT2D eigenvalue weighted by molar-refractivity contribution is -0.123. The zero-order valence-corrected chi connectivity index (χ0v) is 17.7. The summed E-state index contributed by atoms with van der Waals surface area (Å²) in [5.41, 5.74) is 1.68. The van der Waals surface area contributed by atoms with E-state index in [4.69, 9.17) is 4.74 Å². The van der Waals surface area contributed by atoms with Crippen molar-refractivity contribution in [3.05, 3.63) is 94.3 Å². The molecule has 0 bridgehead atoms. The summed E-state index contributed by atoms with van der Waals surface area (Å²) in [4.78, 5) is 23.9. The van der Waals surface area contributed by atoms with Gasteiger partial charge < -0.3 is 14.6 Å². The Kier molecular flexibility index (Phi) is 6.00. The molecule has 3 aromatic carbocycles. The molecule has 0 saturated carbocycles. The fourth-order valence-electron chi connectivity index (χ4n) is 3.19. The van der Waals surface area contributed by atoms with E-state index in [1.165, 1.54) is 35.8 Å². The number of phenolic OH excluding ortho intramolecular Hbond substituents is 1. The third-order valence-electron chi connectivity index (χ3n) is 4.77. The fraction of sp³-hybridized carbons (Fsp3) is 0.0400. The number of carbonyl (C=O) groups excluding carboxylic acids is 2. The molecule has 0 amide bonds. The van der Waals surface area contributed by atoms with Gasteiger partial charge in [0.1, 0.15) is 22.2 Å². The summed E-state index contributed by atoms with van der Waals surface area (Å²) in [6, 6.07) is 15.8. The maximum absolute atomic E-state index is 13.8. The number of thiophene rings is 1. The summed E-state index contributed by atoms with van der Waals surface area (Å²) in [7, 11) is 0. The number of rotatable bonds is 7. The highest BCUT2D eigenvalue weighted by molar-refractivity contribution is 7.21. The van der Waals surface area contributed by atoms with Gasteiger partial charge in [-0.25, -0.2) is 4.39 Å². The Morgan fingerprint density at radius 3 is 2.59 bits per heavy atom. The predicted molar refractivity (Wildman–Crippen MR) is 121 cm³/mol. The maximum atomic E-state index is 13.8. The van der Waals surface area contributed by atoms with Crippen molar-refractivity contribution in [3.8, 4) is 17.2 Å². The van der Waals surface area contributed by atoms with Crippen molar-refractivity contribution in [3.63, 3.8) is 0 Å². The largest absolute Gasteiger partial charge is 0.508 e. The molecule has 1 heterocycles. The summed E-state index contributed by atoms with van der Waals surface area (Å²) in [5, 5.41) is 10.5. The van der Waals surface area contributed by atoms with Crippen molar-refractivity contribution >= 4 is 39.8 Å². The van der Waals surface area contributed by atoms with Gasteiger partial charge in [0, 0.05) is 15.6 Å². The minimum absolute atomic E-state index is 0.0694. The lowest BCUT2D eigenvalue weighted by atomic mass is 10.0. The molecule has 0 atom stereocenters. The van der Waals surface area contributed by atoms with Gasteiger partial charge in [0.25, 0.3) is 6.47 Å². The zero-order valence-electron chi connectivity index (χ0n) is 16.9. The summed E-state index contributed by atoms with van der Waals surface area (Å²) in [6.07, 6.45) is 2.88. The minimum atomic E-state index is -0.498. The molecule has 0 saturated heterocycles. The van der Waals surface area contributed by atoms with E-state index >= 15 is 0 Å². The molecule has 1 N–H and O–H groups in total. The second-order valence-corrected chi connectivity index (χ2v) is 7.99. The molecule has 5 nitrogen and oxygen atoms in total. The lowest BCUT2D eigenvalue weighted by Gasteiger charge is -2.09. The van der Waals surface area contributed by atoms with Crippen LogP contribution in [0.5, 0.6) is 17.2 Å². The summed E-state index contributed by atoms with van der Waals surface area (Å²) >= 11 is 1.17. The number of hydrogen-bond acceptors (Lipinski definition) is 6. The molecule has 160 valence electrons. The van der Waals surface area contributed by atoms with Crippen LogP contribution in [-0.4, -0.2) is 17.4 Å². The van der Waals surface area contributed by atoms with Gasteiger partial charge in [0.15, 0.2) is 5.75 Å². The molecule has 0 aliphatic rings. The average molecular weight is 448 g/mol. The Morgan fingerprint density at radius 2 is 1.84 bits per heavy atom. The van der Waals surface area contributed by atoms with Crippen LogP contribution in [0, 0.1) is 12.7 Å². The van der Waals surface area contributed by atoms with Crippen molar-refractivity contribution in [2.24, 2.45) is 0 Å². The Labute approximate surface area is 187 Å². The third-order valence-corrected chi connectivity index (χ3v) is 5.91. The summed E-state index contributed by atoms with van der Waals surface area (Å²) < 4.78 is 25.1. The van der Waals surface area contributed by atoms with Gasteiger partial charge in [-0.1, -0.05) is 18.2 Å². The number of aryl methyl sites for hydroxylation is 1. The molecule has 4 aromatic rings. The van der Waals surface area contributed by atoms with Crippen molar-refractivity contribution in [1.82, 2.24) is 0 Å². The molecule has 4 rings (SSSR count). The number of aromatic hydroxyl groups is 1. The van der Waals surface area contributed by atoms with E-state index in [-0.39, 0.29) is 17.1 Å². The smallest absolute Gasteiger partial charge is 0.297 e. The second-order valence-electron chi connectivity index (χ2n) is 6.94. The number of fused-ring (bicyclic) bond motifs is 1. The summed E-state index contributed by atoms with van der Waals surface area (Å²) in [6.45, 7) is 2.07. The van der Waals surface area contributed by atoms with Crippen molar-refractivity contribution < 1.29 is 28.6 Å². The van der Waals surface area contributed by atoms with Gasteiger partial charge in [-0.3, -0.25) is 9.59 Å². The van der Waals surface area contributed by atoms with E-state index < -0.39 is 5.82 Å². The van der Waals surface area contributed by atoms with E-state index in [2.05, 4.69) is 4.74 Å². The quantitative estimate of drug-likeness (QED) is 0.206. The van der Waals surface area contributed by atoms with Gasteiger partial charge in [0.2, 0.25) is 5.78 Å². The highest BCUT2D eigenvalue weighted by Crippen LogP contribution is 2.43. The Balaban J connectivity index is 1.75. The minimum Gasteiger partial charge on any atom is -0.508 e. The first-order valence-electron chi connectivity index (χ1n) is 9.56. The highest BCUT2D eigenvalue weighted by Gasteiger charge is 2.23. The maximum Gasteiger partial charge on any atom is 0.297 e. The van der Waals surface area contributed by atoms with Crippen LogP contribution in [0.2, 0.25) is 0 Å². The van der Waals surface area contributed by atoms with Gasteiger partial charge >= 0.3 is 0 Å². The van der Waals surface area contributed by atoms with Crippen LogP contribution < -0.4 is 4.74 Å². The van der Waals surface area contributed by atoms with E-state index in [0.29, 0.717) is 38.5 Å². The van der Waals surface area contributed by atoms with Crippen molar-refractivity contribution in [2.45, 2.75) is 6.92 Å². The number of benzene rings is 3. The van der Waals surface area contributed by atoms with Crippen LogP contribution in [0.25, 0.3) is 16.2 Å². The topological polar surface area (TPSA) is 72.8 Å². The molecule has 7 heteroatoms. The molecule has 0 aliphatic carbocycles. The first-order valence-corrected chi connectivity index (χ1v) is 10.4. The van der Waals surface area contributed by atoms with Gasteiger partial charge in [-0.15, -0.1) is 11.3 Å². The van der Waals surface area contributed by atoms with E-state index in [0.717, 1.165) is 5.56 Å². The molecule has 1 aromatic heterocycles. The zero-order chi connectivity index (χ0) is 22.7. The van der Waals surface area contributed by atoms with Crippen LogP contribution in [0.1, 0.15) is 26.4 Å². The molecule has 0 spiro atoms. The standard InChI is InChI=1S/C25H17FO5S/c1-15-2-5-17(26)12-21(15)23(29)25-24(20-9-6-18(28)13-22(20)32-25)31-19-7-3-16(4-8-19)10-11-30-14-27/h2-14,28H,1H3/b11-10+. The average Bonchev–Trinajstić information content (AvgIpc) is 3.13. The number of halogens is 1. The Hall–Kier alpha value is -3.97. The first kappa shape index (κ1) is 21.3. The van der Waals surface area contributed by atoms with Crippen molar-refractivity contribution in [2.75, 3.05) is 0 Å². The highest BCUT2D eigenvalue weighted by atomic mass is 32.1. The molecule has 0 radical (unpaired) electrons. The van der Waals surface area contributed by atoms with Gasteiger partial charge in [0.05, 0.1) is 6.26 Å². The number of phenols is 1. The van der Waals surface area contributed by atoms with Crippen LogP contribution in [0.4, 0.5) is 4.39 Å². The monoisotopic (exact) mass is 448 g/mol. The molecule has 0 aliphatic heterocycles. The van der Waals surface area contributed by atoms with Crippen LogP contribution in [-0.2, 0) is 9.53 Å². The summed E-state index contributed by atoms with van der Waals surface area (Å²) in [5.74, 6) is 0.0352. The Bertz CT molecular complexity index is 1340. The van der Waals surface area contributed by atoms with E-state index in [1.54, 1.807) is 55.5 Å². The van der Waals surface area contributed by atoms with Crippen LogP contribution in [0.15, 0.2) is 66.9 Å². The third kappa shape index (κ3) is 4.38. The SMILES string of the molecule is Cc1ccc(F)cc1C(=O)c1sc2cc(O)ccc2c1Oc1ccc(/C=C/OC=O)cc1. The molecule has 0 unspecified atom stereocenters. The normalized spacial score (nSPS) is 11.1. The number of ether oxygens (including phenoxy) is 2. The molecular formula is C25H17FO5S. The number of carbonyl (C=O) groups is 2. The van der Waals surface area contributed by atoms with Crippen molar-refractivity contribution in [1.29, 1.82) is 0 Å². The first-order chi connectivity index (χ1) is 15.5. The molecular weight excluding hydrogens is 431 g/mol. The van der Waals surface area contributed by atoms with E-state index in [9.17, 15) is 19.1 Å². The second kappa shape index (κ2) is 9.03. The number of hydrogen-bond donors (Lipinski definition) is 1. The fourth-order valence-corrected chi connectivity index (χ4v) is 4.31. The lowest BCUT2D eigenvalue weighted by Crippen LogP contribution is -2.04. The van der Waals surface area contributed by atoms with Crippen LogP contribution in [0.3, 0.4) is 0 Å². The Morgan fingerprint density at radius 1 is 1.06 bits per heavy atom. The van der Waals surface area contributed by atoms with E-state index in [1.807, 2.05) is 0 Å². The molecule has 0 fully saturated rings. The van der Waals surface area contributed by atoms with Gasteiger partial charge in [-0.05, 0) is 66.6 Å². The number of ketones is 1. The van der Waals surface area contributed by atoms with Gasteiger partial charge in [-0.2, -0.15) is 0 Å².